The Morgan fingerprint density at radius 1 is 1.11 bits per heavy atom. The van der Waals surface area contributed by atoms with Crippen molar-refractivity contribution in [3.8, 4) is 11.5 Å². The summed E-state index contributed by atoms with van der Waals surface area (Å²) in [4.78, 5) is 0. The van der Waals surface area contributed by atoms with Gasteiger partial charge in [0.15, 0.2) is 0 Å². The molecule has 5 heteroatoms. The Kier molecular flexibility index (Phi) is 4.74. The average molecular weight is 362 g/mol. The number of aliphatic hydroxyl groups is 1. The molecule has 2 rings (SSSR count). The lowest BCUT2D eigenvalue weighted by Gasteiger charge is -2.10. The first-order valence-corrected chi connectivity index (χ1v) is 7.12. The molecule has 0 spiro atoms. The van der Waals surface area contributed by atoms with Gasteiger partial charge in [-0.2, -0.15) is 0 Å². The zero-order valence-electron chi connectivity index (χ0n) is 10.0. The first-order chi connectivity index (χ1) is 8.97. The average Bonchev–Trinajstić information content (AvgIpc) is 2.36. The largest absolute Gasteiger partial charge is 0.456 e. The van der Waals surface area contributed by atoms with E-state index < -0.39 is 6.10 Å². The summed E-state index contributed by atoms with van der Waals surface area (Å²) in [7, 11) is 0. The van der Waals surface area contributed by atoms with Crippen LogP contribution < -0.4 is 4.74 Å². The SMILES string of the molecule is C[C@H](O)c1ccc(Oc2cc(Cl)c(Br)cc2Cl)cc1. The Morgan fingerprint density at radius 2 is 1.74 bits per heavy atom. The van der Waals surface area contributed by atoms with Gasteiger partial charge < -0.3 is 9.84 Å². The maximum absolute atomic E-state index is 9.43. The second-order valence-corrected chi connectivity index (χ2v) is 5.71. The first kappa shape index (κ1) is 14.7. The highest BCUT2D eigenvalue weighted by Crippen LogP contribution is 2.36. The van der Waals surface area contributed by atoms with Crippen LogP contribution in [0.4, 0.5) is 0 Å². The van der Waals surface area contributed by atoms with Gasteiger partial charge in [-0.05, 0) is 46.6 Å². The summed E-state index contributed by atoms with van der Waals surface area (Å²) < 4.78 is 6.38. The van der Waals surface area contributed by atoms with Crippen molar-refractivity contribution >= 4 is 39.1 Å². The van der Waals surface area contributed by atoms with E-state index in [0.717, 1.165) is 10.0 Å². The Morgan fingerprint density at radius 3 is 2.32 bits per heavy atom. The van der Waals surface area contributed by atoms with Crippen molar-refractivity contribution in [3.05, 3.63) is 56.5 Å². The van der Waals surface area contributed by atoms with Crippen molar-refractivity contribution in [2.45, 2.75) is 13.0 Å². The van der Waals surface area contributed by atoms with Crippen LogP contribution in [0.1, 0.15) is 18.6 Å². The van der Waals surface area contributed by atoms with Gasteiger partial charge in [-0.15, -0.1) is 0 Å². The lowest BCUT2D eigenvalue weighted by Crippen LogP contribution is -1.91. The van der Waals surface area contributed by atoms with Crippen molar-refractivity contribution < 1.29 is 9.84 Å². The minimum Gasteiger partial charge on any atom is -0.456 e. The highest BCUT2D eigenvalue weighted by atomic mass is 79.9. The predicted octanol–water partition coefficient (Wildman–Crippen LogP) is 5.60. The zero-order valence-corrected chi connectivity index (χ0v) is 13.1. The first-order valence-electron chi connectivity index (χ1n) is 5.58. The standard InChI is InChI=1S/C14H11BrCl2O2/c1-8(18)9-2-4-10(5-3-9)19-14-7-12(16)11(15)6-13(14)17/h2-8,18H,1H3/t8-/m0/s1. The van der Waals surface area contributed by atoms with E-state index in [2.05, 4.69) is 15.9 Å². The lowest BCUT2D eigenvalue weighted by atomic mass is 10.1. The molecule has 0 fully saturated rings. The maximum Gasteiger partial charge on any atom is 0.147 e. The maximum atomic E-state index is 9.43. The third-order valence-corrected chi connectivity index (χ3v) is 4.06. The molecule has 19 heavy (non-hydrogen) atoms. The van der Waals surface area contributed by atoms with Crippen molar-refractivity contribution in [2.75, 3.05) is 0 Å². The fourth-order valence-corrected chi connectivity index (χ4v) is 2.35. The summed E-state index contributed by atoms with van der Waals surface area (Å²) in [5, 5.41) is 10.4. The minimum absolute atomic E-state index is 0.468. The third-order valence-electron chi connectivity index (χ3n) is 2.57. The fraction of sp³-hybridized carbons (Fsp3) is 0.143. The quantitative estimate of drug-likeness (QED) is 0.721. The molecule has 0 aliphatic carbocycles. The summed E-state index contributed by atoms with van der Waals surface area (Å²) >= 11 is 15.4. The number of aliphatic hydroxyl groups excluding tert-OH is 1. The monoisotopic (exact) mass is 360 g/mol. The van der Waals surface area contributed by atoms with Gasteiger partial charge in [0.2, 0.25) is 0 Å². The predicted molar refractivity (Wildman–Crippen MR) is 81.3 cm³/mol. The number of rotatable bonds is 3. The van der Waals surface area contributed by atoms with E-state index in [4.69, 9.17) is 27.9 Å². The summed E-state index contributed by atoms with van der Waals surface area (Å²) in [6, 6.07) is 10.5. The van der Waals surface area contributed by atoms with Crippen LogP contribution in [0.2, 0.25) is 10.0 Å². The van der Waals surface area contributed by atoms with Gasteiger partial charge in [0.1, 0.15) is 11.5 Å². The number of hydrogen-bond acceptors (Lipinski definition) is 2. The van der Waals surface area contributed by atoms with Crippen LogP contribution in [0.5, 0.6) is 11.5 Å². The van der Waals surface area contributed by atoms with Crippen LogP contribution in [0.25, 0.3) is 0 Å². The van der Waals surface area contributed by atoms with Crippen LogP contribution in [0.15, 0.2) is 40.9 Å². The molecule has 0 saturated carbocycles. The molecule has 1 N–H and O–H groups in total. The molecule has 2 nitrogen and oxygen atoms in total. The Labute approximate surface area is 130 Å². The van der Waals surface area contributed by atoms with Crippen LogP contribution in [0, 0.1) is 0 Å². The smallest absolute Gasteiger partial charge is 0.147 e. The van der Waals surface area contributed by atoms with E-state index in [1.165, 1.54) is 0 Å². The molecule has 0 saturated heterocycles. The van der Waals surface area contributed by atoms with Crippen molar-refractivity contribution in [2.24, 2.45) is 0 Å². The minimum atomic E-state index is -0.500. The molecule has 0 aromatic heterocycles. The van der Waals surface area contributed by atoms with Crippen molar-refractivity contribution in [3.63, 3.8) is 0 Å². The van der Waals surface area contributed by atoms with E-state index >= 15 is 0 Å². The molecule has 1 atom stereocenters. The molecule has 0 aliphatic heterocycles. The topological polar surface area (TPSA) is 29.5 Å². The summed E-state index contributed by atoms with van der Waals surface area (Å²) in [5.74, 6) is 1.12. The molecule has 0 amide bonds. The summed E-state index contributed by atoms with van der Waals surface area (Å²) in [6.45, 7) is 1.71. The molecular weight excluding hydrogens is 351 g/mol. The van der Waals surface area contributed by atoms with Gasteiger partial charge >= 0.3 is 0 Å². The second kappa shape index (κ2) is 6.14. The molecule has 0 unspecified atom stereocenters. The van der Waals surface area contributed by atoms with E-state index in [-0.39, 0.29) is 0 Å². The van der Waals surface area contributed by atoms with Crippen molar-refractivity contribution in [1.82, 2.24) is 0 Å². The molecular formula is C14H11BrCl2O2. The lowest BCUT2D eigenvalue weighted by molar-refractivity contribution is 0.199. The number of hydrogen-bond donors (Lipinski definition) is 1. The van der Waals surface area contributed by atoms with Gasteiger partial charge in [0.05, 0.1) is 16.1 Å². The highest BCUT2D eigenvalue weighted by molar-refractivity contribution is 9.10. The van der Waals surface area contributed by atoms with E-state index in [1.54, 1.807) is 43.3 Å². The zero-order chi connectivity index (χ0) is 14.0. The van der Waals surface area contributed by atoms with Crippen LogP contribution >= 0.6 is 39.1 Å². The van der Waals surface area contributed by atoms with Crippen LogP contribution in [-0.2, 0) is 0 Å². The molecule has 100 valence electrons. The third kappa shape index (κ3) is 3.63. The molecule has 0 heterocycles. The van der Waals surface area contributed by atoms with Crippen LogP contribution in [0.3, 0.4) is 0 Å². The molecule has 0 radical (unpaired) electrons. The van der Waals surface area contributed by atoms with E-state index in [0.29, 0.717) is 21.5 Å². The molecule has 2 aromatic rings. The molecule has 0 aliphatic rings. The number of halogens is 3. The number of benzene rings is 2. The van der Waals surface area contributed by atoms with Gasteiger partial charge in [0, 0.05) is 10.5 Å². The van der Waals surface area contributed by atoms with Gasteiger partial charge in [0.25, 0.3) is 0 Å². The second-order valence-electron chi connectivity index (χ2n) is 4.04. The van der Waals surface area contributed by atoms with E-state index in [1.807, 2.05) is 0 Å². The molecule has 2 aromatic carbocycles. The Bertz CT molecular complexity index is 583. The Balaban J connectivity index is 2.24. The summed E-state index contributed by atoms with van der Waals surface area (Å²) in [6.07, 6.45) is -0.500. The van der Waals surface area contributed by atoms with Crippen LogP contribution in [-0.4, -0.2) is 5.11 Å². The number of ether oxygens (including phenoxy) is 1. The highest BCUT2D eigenvalue weighted by Gasteiger charge is 2.08. The molecule has 0 bridgehead atoms. The van der Waals surface area contributed by atoms with Gasteiger partial charge in [-0.3, -0.25) is 0 Å². The fourth-order valence-electron chi connectivity index (χ4n) is 1.52. The van der Waals surface area contributed by atoms with E-state index in [9.17, 15) is 5.11 Å². The summed E-state index contributed by atoms with van der Waals surface area (Å²) in [5.41, 5.74) is 0.826. The normalized spacial score (nSPS) is 12.3. The Hall–Kier alpha value is -0.740. The van der Waals surface area contributed by atoms with Crippen molar-refractivity contribution in [1.29, 1.82) is 0 Å². The van der Waals surface area contributed by atoms with Gasteiger partial charge in [-0.1, -0.05) is 35.3 Å². The van der Waals surface area contributed by atoms with Gasteiger partial charge in [-0.25, -0.2) is 0 Å².